The van der Waals surface area contributed by atoms with Crippen LogP contribution in [0, 0.1) is 11.7 Å². The molecule has 0 radical (unpaired) electrons. The van der Waals surface area contributed by atoms with E-state index in [0.717, 1.165) is 12.0 Å². The molecule has 3 N–H and O–H groups in total. The van der Waals surface area contributed by atoms with E-state index in [0.29, 0.717) is 34.7 Å². The molecular formula is C20H19ClFN3O3. The molecule has 8 heteroatoms. The number of ether oxygens (including phenoxy) is 2. The molecular weight excluding hydrogens is 385 g/mol. The zero-order valence-corrected chi connectivity index (χ0v) is 15.7. The van der Waals surface area contributed by atoms with Crippen molar-refractivity contribution in [2.45, 2.75) is 37.0 Å². The van der Waals surface area contributed by atoms with E-state index < -0.39 is 17.5 Å². The molecule has 2 aliphatic heterocycles. The summed E-state index contributed by atoms with van der Waals surface area (Å²) in [4.78, 5) is 8.72. The number of aliphatic imine (C=N–C) groups is 1. The van der Waals surface area contributed by atoms with Crippen LogP contribution in [0.5, 0.6) is 5.75 Å². The van der Waals surface area contributed by atoms with Crippen LogP contribution in [0.1, 0.15) is 24.8 Å². The van der Waals surface area contributed by atoms with Crippen molar-refractivity contribution in [3.05, 3.63) is 47.0 Å². The maximum absolute atomic E-state index is 15.0. The number of nitrogens with zero attached hydrogens (tertiary/aromatic N) is 2. The maximum Gasteiger partial charge on any atom is 0.283 e. The third-order valence-corrected chi connectivity index (χ3v) is 6.16. The van der Waals surface area contributed by atoms with E-state index in [4.69, 9.17) is 26.8 Å². The van der Waals surface area contributed by atoms with Crippen molar-refractivity contribution in [1.82, 2.24) is 4.98 Å². The van der Waals surface area contributed by atoms with E-state index >= 15 is 0 Å². The van der Waals surface area contributed by atoms with Gasteiger partial charge in [0.1, 0.15) is 29.8 Å². The molecule has 146 valence electrons. The molecule has 5 rings (SSSR count). The highest BCUT2D eigenvalue weighted by Crippen LogP contribution is 2.53. The van der Waals surface area contributed by atoms with Crippen molar-refractivity contribution >= 4 is 17.6 Å². The van der Waals surface area contributed by atoms with Crippen LogP contribution in [0.3, 0.4) is 0 Å². The molecule has 0 amide bonds. The first-order valence-electron chi connectivity index (χ1n) is 9.24. The van der Waals surface area contributed by atoms with Crippen LogP contribution in [0.4, 0.5) is 4.39 Å². The van der Waals surface area contributed by atoms with Gasteiger partial charge in [-0.25, -0.2) is 9.38 Å². The van der Waals surface area contributed by atoms with Gasteiger partial charge in [-0.2, -0.15) is 0 Å². The van der Waals surface area contributed by atoms with Gasteiger partial charge in [0.05, 0.1) is 11.1 Å². The lowest BCUT2D eigenvalue weighted by Gasteiger charge is -2.47. The van der Waals surface area contributed by atoms with Gasteiger partial charge in [-0.05, 0) is 25.0 Å². The second kappa shape index (κ2) is 6.32. The number of aromatic nitrogens is 1. The summed E-state index contributed by atoms with van der Waals surface area (Å²) in [5, 5.41) is 10.5. The number of pyridine rings is 1. The molecule has 2 aromatic rings. The van der Waals surface area contributed by atoms with Gasteiger partial charge in [-0.1, -0.05) is 11.6 Å². The monoisotopic (exact) mass is 403 g/mol. The average molecular weight is 404 g/mol. The van der Waals surface area contributed by atoms with E-state index in [1.807, 2.05) is 0 Å². The summed E-state index contributed by atoms with van der Waals surface area (Å²) in [6.45, 7) is 0.269. The van der Waals surface area contributed by atoms with Gasteiger partial charge in [0.15, 0.2) is 0 Å². The highest BCUT2D eigenvalue weighted by atomic mass is 35.5. The van der Waals surface area contributed by atoms with Crippen molar-refractivity contribution in [2.24, 2.45) is 16.6 Å². The summed E-state index contributed by atoms with van der Waals surface area (Å²) in [5.74, 6) is -0.0440. The number of amidine groups is 1. The number of hydrogen-bond donors (Lipinski definition) is 2. The minimum atomic E-state index is -0.753. The summed E-state index contributed by atoms with van der Waals surface area (Å²) < 4.78 is 26.6. The highest BCUT2D eigenvalue weighted by molar-refractivity contribution is 6.30. The number of aliphatic hydroxyl groups is 1. The van der Waals surface area contributed by atoms with E-state index in [1.54, 1.807) is 18.3 Å². The lowest BCUT2D eigenvalue weighted by molar-refractivity contribution is -0.0362. The normalized spacial score (nSPS) is 30.8. The number of aliphatic hydroxyl groups excluding tert-OH is 1. The Morgan fingerprint density at radius 3 is 2.86 bits per heavy atom. The summed E-state index contributed by atoms with van der Waals surface area (Å²) in [6, 6.07) is 4.89. The fourth-order valence-corrected chi connectivity index (χ4v) is 4.87. The van der Waals surface area contributed by atoms with Crippen LogP contribution >= 0.6 is 11.6 Å². The van der Waals surface area contributed by atoms with Crippen LogP contribution in [0.15, 0.2) is 35.6 Å². The number of fused-ring (bicyclic) bond motifs is 4. The fourth-order valence-electron chi connectivity index (χ4n) is 4.69. The van der Waals surface area contributed by atoms with E-state index in [2.05, 4.69) is 9.98 Å². The highest BCUT2D eigenvalue weighted by Gasteiger charge is 2.55. The Balaban J connectivity index is 1.69. The van der Waals surface area contributed by atoms with Crippen molar-refractivity contribution in [2.75, 3.05) is 6.61 Å². The predicted molar refractivity (Wildman–Crippen MR) is 102 cm³/mol. The molecule has 1 aliphatic carbocycles. The smallest absolute Gasteiger partial charge is 0.283 e. The molecule has 3 aliphatic rings. The number of rotatable bonds is 1. The summed E-state index contributed by atoms with van der Waals surface area (Å²) >= 11 is 6.04. The molecule has 1 aromatic heterocycles. The molecule has 2 unspecified atom stereocenters. The molecule has 4 atom stereocenters. The molecule has 3 heterocycles. The molecule has 1 saturated carbocycles. The Morgan fingerprint density at radius 2 is 2.11 bits per heavy atom. The lowest BCUT2D eigenvalue weighted by atomic mass is 9.67. The van der Waals surface area contributed by atoms with Gasteiger partial charge in [0.2, 0.25) is 0 Å². The van der Waals surface area contributed by atoms with Gasteiger partial charge in [-0.15, -0.1) is 0 Å². The zero-order chi connectivity index (χ0) is 19.5. The van der Waals surface area contributed by atoms with Gasteiger partial charge < -0.3 is 20.3 Å². The first kappa shape index (κ1) is 17.7. The molecule has 1 aromatic carbocycles. The van der Waals surface area contributed by atoms with Crippen molar-refractivity contribution in [3.8, 4) is 16.9 Å². The minimum Gasteiger partial charge on any atom is -0.489 e. The average Bonchev–Trinajstić information content (AvgIpc) is 3.03. The standard InChI is InChI=1S/C20H19ClFN3O3/c21-11-3-10(7-24-8-11)13-5-15-18(6-16(13)22)28-17-4-12(26)1-2-14(17)20(15)9-27-19(23)25-20/h3,5-8,12,14,17,26H,1-2,4,9H2,(H2,23,25)/t12?,14-,17-,20?/m0/s1. The molecule has 1 spiro atoms. The minimum absolute atomic E-state index is 0.0137. The molecule has 28 heavy (non-hydrogen) atoms. The lowest BCUT2D eigenvalue weighted by Crippen LogP contribution is -2.51. The van der Waals surface area contributed by atoms with Crippen LogP contribution in [-0.4, -0.2) is 34.9 Å². The van der Waals surface area contributed by atoms with E-state index in [1.165, 1.54) is 12.3 Å². The summed E-state index contributed by atoms with van der Waals surface area (Å²) in [6.07, 6.45) is 4.20. The summed E-state index contributed by atoms with van der Waals surface area (Å²) in [7, 11) is 0. The molecule has 0 saturated heterocycles. The Bertz CT molecular complexity index is 985. The second-order valence-corrected chi connectivity index (χ2v) is 8.05. The van der Waals surface area contributed by atoms with Crippen molar-refractivity contribution < 1.29 is 19.0 Å². The Kier molecular flexibility index (Phi) is 4.00. The van der Waals surface area contributed by atoms with Crippen LogP contribution in [0.2, 0.25) is 5.02 Å². The number of halogens is 2. The fraction of sp³-hybridized carbons (Fsp3) is 0.400. The largest absolute Gasteiger partial charge is 0.489 e. The first-order valence-corrected chi connectivity index (χ1v) is 9.62. The predicted octanol–water partition coefficient (Wildman–Crippen LogP) is 3.00. The zero-order valence-electron chi connectivity index (χ0n) is 14.9. The summed E-state index contributed by atoms with van der Waals surface area (Å²) in [5.41, 5.74) is 6.80. The van der Waals surface area contributed by atoms with Crippen LogP contribution < -0.4 is 10.5 Å². The SMILES string of the molecule is NC1=NC2(CO1)c1cc(-c3cncc(Cl)c3)c(F)cc1O[C@H]1CC(O)CC[C@@H]12. The van der Waals surface area contributed by atoms with Crippen LogP contribution in [0.25, 0.3) is 11.1 Å². The van der Waals surface area contributed by atoms with Crippen molar-refractivity contribution in [3.63, 3.8) is 0 Å². The Hall–Kier alpha value is -2.38. The third-order valence-electron chi connectivity index (χ3n) is 5.96. The Morgan fingerprint density at radius 1 is 1.25 bits per heavy atom. The van der Waals surface area contributed by atoms with Crippen LogP contribution in [-0.2, 0) is 10.3 Å². The first-order chi connectivity index (χ1) is 13.5. The number of benzene rings is 1. The van der Waals surface area contributed by atoms with Gasteiger partial charge >= 0.3 is 0 Å². The van der Waals surface area contributed by atoms with E-state index in [-0.39, 0.29) is 24.7 Å². The topological polar surface area (TPSA) is 90.0 Å². The van der Waals surface area contributed by atoms with Gasteiger partial charge in [-0.3, -0.25) is 4.98 Å². The van der Waals surface area contributed by atoms with Gasteiger partial charge in [0, 0.05) is 47.5 Å². The maximum atomic E-state index is 15.0. The molecule has 0 bridgehead atoms. The number of nitrogens with two attached hydrogens (primary N) is 1. The third kappa shape index (κ3) is 2.64. The molecule has 1 fully saturated rings. The van der Waals surface area contributed by atoms with Crippen molar-refractivity contribution in [1.29, 1.82) is 0 Å². The molecule has 6 nitrogen and oxygen atoms in total. The van der Waals surface area contributed by atoms with E-state index in [9.17, 15) is 9.50 Å². The quantitative estimate of drug-likeness (QED) is 0.764. The second-order valence-electron chi connectivity index (χ2n) is 7.61. The van der Waals surface area contributed by atoms with Gasteiger partial charge in [0.25, 0.3) is 6.02 Å². The Labute approximate surface area is 166 Å². The number of hydrogen-bond acceptors (Lipinski definition) is 6.